The molecule has 0 heterocycles. The molecule has 0 spiro atoms. The molecule has 2 unspecified atom stereocenters. The van der Waals surface area contributed by atoms with Crippen molar-refractivity contribution in [2.75, 3.05) is 5.88 Å². The minimum atomic E-state index is -0.167. The molecule has 0 aromatic rings. The Balaban J connectivity index is 2.46. The summed E-state index contributed by atoms with van der Waals surface area (Å²) in [6.45, 7) is 4.41. The second-order valence-electron chi connectivity index (χ2n) is 4.80. The molecule has 2 bridgehead atoms. The third kappa shape index (κ3) is 0.693. The number of alkyl halides is 1. The molecule has 0 N–H and O–H groups in total. The molecule has 68 valence electrons. The van der Waals surface area contributed by atoms with Gasteiger partial charge >= 0.3 is 0 Å². The van der Waals surface area contributed by atoms with Crippen molar-refractivity contribution in [1.82, 2.24) is 0 Å². The second kappa shape index (κ2) is 2.25. The standard InChI is InChI=1S/C10H15ClO/c1-9(2)7-3-4-10(9,6-11)8(12)5-7/h7H,3-6H2,1-2H3. The molecular weight excluding hydrogens is 172 g/mol. The topological polar surface area (TPSA) is 17.1 Å². The average molecular weight is 187 g/mol. The molecular formula is C10H15ClO. The van der Waals surface area contributed by atoms with Crippen molar-refractivity contribution in [2.24, 2.45) is 16.7 Å². The summed E-state index contributed by atoms with van der Waals surface area (Å²) in [6, 6.07) is 0. The number of carbonyl (C=O) groups is 1. The summed E-state index contributed by atoms with van der Waals surface area (Å²) in [5, 5.41) is 0. The van der Waals surface area contributed by atoms with Gasteiger partial charge in [0.1, 0.15) is 5.78 Å². The van der Waals surface area contributed by atoms with E-state index < -0.39 is 0 Å². The quantitative estimate of drug-likeness (QED) is 0.576. The van der Waals surface area contributed by atoms with Crippen LogP contribution >= 0.6 is 11.6 Å². The van der Waals surface area contributed by atoms with E-state index in [1.807, 2.05) is 0 Å². The smallest absolute Gasteiger partial charge is 0.141 e. The molecule has 2 heteroatoms. The van der Waals surface area contributed by atoms with Crippen LogP contribution in [0.15, 0.2) is 0 Å². The Hall–Kier alpha value is -0.0400. The Morgan fingerprint density at radius 3 is 2.50 bits per heavy atom. The molecule has 2 saturated carbocycles. The van der Waals surface area contributed by atoms with E-state index in [1.54, 1.807) is 0 Å². The van der Waals surface area contributed by atoms with E-state index >= 15 is 0 Å². The van der Waals surface area contributed by atoms with Crippen LogP contribution in [0.25, 0.3) is 0 Å². The van der Waals surface area contributed by atoms with Gasteiger partial charge in [-0.2, -0.15) is 0 Å². The maximum atomic E-state index is 11.7. The number of fused-ring (bicyclic) bond motifs is 2. The predicted molar refractivity (Wildman–Crippen MR) is 49.3 cm³/mol. The molecule has 2 rings (SSSR count). The van der Waals surface area contributed by atoms with Crippen LogP contribution in [0.1, 0.15) is 33.1 Å². The Morgan fingerprint density at radius 2 is 2.25 bits per heavy atom. The van der Waals surface area contributed by atoms with Crippen LogP contribution in [0.3, 0.4) is 0 Å². The van der Waals surface area contributed by atoms with Gasteiger partial charge in [0.15, 0.2) is 0 Å². The summed E-state index contributed by atoms with van der Waals surface area (Å²) < 4.78 is 0. The minimum absolute atomic E-state index is 0.159. The van der Waals surface area contributed by atoms with Crippen molar-refractivity contribution in [3.63, 3.8) is 0 Å². The summed E-state index contributed by atoms with van der Waals surface area (Å²) in [6.07, 6.45) is 3.00. The van der Waals surface area contributed by atoms with E-state index in [2.05, 4.69) is 13.8 Å². The van der Waals surface area contributed by atoms with Crippen molar-refractivity contribution in [3.8, 4) is 0 Å². The molecule has 2 atom stereocenters. The highest BCUT2D eigenvalue weighted by atomic mass is 35.5. The van der Waals surface area contributed by atoms with Gasteiger partial charge in [0.2, 0.25) is 0 Å². The molecule has 2 aliphatic rings. The number of Topliss-reactive ketones (excluding diaryl/α,β-unsaturated/α-hetero) is 1. The molecule has 0 aliphatic heterocycles. The lowest BCUT2D eigenvalue weighted by Crippen LogP contribution is -2.37. The zero-order valence-corrected chi connectivity index (χ0v) is 8.45. The summed E-state index contributed by atoms with van der Waals surface area (Å²) in [5.74, 6) is 1.54. The maximum absolute atomic E-state index is 11.7. The molecule has 0 amide bonds. The fourth-order valence-corrected chi connectivity index (χ4v) is 3.71. The Kier molecular flexibility index (Phi) is 1.61. The summed E-state index contributed by atoms with van der Waals surface area (Å²) in [5.41, 5.74) is -0.00887. The molecule has 0 aromatic carbocycles. The number of ketones is 1. The van der Waals surface area contributed by atoms with E-state index in [9.17, 15) is 4.79 Å². The fraction of sp³-hybridized carbons (Fsp3) is 0.900. The lowest BCUT2D eigenvalue weighted by atomic mass is 9.70. The highest BCUT2D eigenvalue weighted by molar-refractivity contribution is 6.20. The normalized spacial score (nSPS) is 43.9. The highest BCUT2D eigenvalue weighted by Crippen LogP contribution is 2.64. The van der Waals surface area contributed by atoms with Gasteiger partial charge in [0.25, 0.3) is 0 Å². The summed E-state index contributed by atoms with van der Waals surface area (Å²) in [7, 11) is 0. The first kappa shape index (κ1) is 8.55. The van der Waals surface area contributed by atoms with Crippen LogP contribution in [0.5, 0.6) is 0 Å². The van der Waals surface area contributed by atoms with Crippen LogP contribution in [-0.2, 0) is 4.79 Å². The van der Waals surface area contributed by atoms with Crippen LogP contribution in [0, 0.1) is 16.7 Å². The van der Waals surface area contributed by atoms with Gasteiger partial charge in [-0.3, -0.25) is 4.79 Å². The monoisotopic (exact) mass is 186 g/mol. The number of hydrogen-bond donors (Lipinski definition) is 0. The van der Waals surface area contributed by atoms with Crippen molar-refractivity contribution >= 4 is 17.4 Å². The van der Waals surface area contributed by atoms with Gasteiger partial charge < -0.3 is 0 Å². The third-order valence-electron chi connectivity index (χ3n) is 4.37. The van der Waals surface area contributed by atoms with E-state index in [1.165, 1.54) is 6.42 Å². The van der Waals surface area contributed by atoms with Crippen LogP contribution in [-0.4, -0.2) is 11.7 Å². The molecule has 0 aromatic heterocycles. The van der Waals surface area contributed by atoms with Gasteiger partial charge in [-0.15, -0.1) is 11.6 Å². The SMILES string of the molecule is CC1(C)C2CCC1(CCl)C(=O)C2. The van der Waals surface area contributed by atoms with Crippen LogP contribution in [0.4, 0.5) is 0 Å². The first-order valence-electron chi connectivity index (χ1n) is 4.64. The molecule has 12 heavy (non-hydrogen) atoms. The van der Waals surface area contributed by atoms with Crippen molar-refractivity contribution < 1.29 is 4.79 Å². The largest absolute Gasteiger partial charge is 0.299 e. The van der Waals surface area contributed by atoms with E-state index in [-0.39, 0.29) is 10.8 Å². The number of carbonyl (C=O) groups excluding carboxylic acids is 1. The molecule has 0 radical (unpaired) electrons. The lowest BCUT2D eigenvalue weighted by molar-refractivity contribution is -0.127. The van der Waals surface area contributed by atoms with E-state index in [0.717, 1.165) is 12.8 Å². The molecule has 2 fully saturated rings. The van der Waals surface area contributed by atoms with E-state index in [4.69, 9.17) is 11.6 Å². The maximum Gasteiger partial charge on any atom is 0.141 e. The predicted octanol–water partition coefficient (Wildman–Crippen LogP) is 2.62. The van der Waals surface area contributed by atoms with Gasteiger partial charge in [-0.05, 0) is 24.2 Å². The Bertz CT molecular complexity index is 234. The fourth-order valence-electron chi connectivity index (χ4n) is 3.08. The van der Waals surface area contributed by atoms with Gasteiger partial charge in [-0.25, -0.2) is 0 Å². The van der Waals surface area contributed by atoms with E-state index in [0.29, 0.717) is 17.6 Å². The minimum Gasteiger partial charge on any atom is -0.299 e. The highest BCUT2D eigenvalue weighted by Gasteiger charge is 2.63. The Morgan fingerprint density at radius 1 is 1.58 bits per heavy atom. The zero-order valence-electron chi connectivity index (χ0n) is 7.69. The first-order chi connectivity index (χ1) is 5.54. The van der Waals surface area contributed by atoms with Crippen molar-refractivity contribution in [2.45, 2.75) is 33.1 Å². The van der Waals surface area contributed by atoms with Gasteiger partial charge in [-0.1, -0.05) is 13.8 Å². The lowest BCUT2D eigenvalue weighted by Gasteiger charge is -2.34. The summed E-state index contributed by atoms with van der Waals surface area (Å²) in [4.78, 5) is 11.7. The number of hydrogen-bond acceptors (Lipinski definition) is 1. The average Bonchev–Trinajstić information content (AvgIpc) is 2.36. The van der Waals surface area contributed by atoms with Crippen molar-refractivity contribution in [3.05, 3.63) is 0 Å². The summed E-state index contributed by atoms with van der Waals surface area (Å²) >= 11 is 5.95. The van der Waals surface area contributed by atoms with Crippen molar-refractivity contribution in [1.29, 1.82) is 0 Å². The van der Waals surface area contributed by atoms with Gasteiger partial charge in [0.05, 0.1) is 0 Å². The van der Waals surface area contributed by atoms with Gasteiger partial charge in [0, 0.05) is 17.7 Å². The zero-order chi connectivity index (χ0) is 8.98. The molecule has 2 aliphatic carbocycles. The number of halogens is 1. The third-order valence-corrected chi connectivity index (χ3v) is 4.82. The van der Waals surface area contributed by atoms with Crippen LogP contribution in [0.2, 0.25) is 0 Å². The number of rotatable bonds is 1. The molecule has 1 nitrogen and oxygen atoms in total. The van der Waals surface area contributed by atoms with Crippen LogP contribution < -0.4 is 0 Å². The second-order valence-corrected chi connectivity index (χ2v) is 5.07. The Labute approximate surface area is 78.5 Å². The first-order valence-corrected chi connectivity index (χ1v) is 5.17. The molecule has 0 saturated heterocycles.